The maximum Gasteiger partial charge on any atom is 0.407 e. The topological polar surface area (TPSA) is 67.6 Å². The fourth-order valence-electron chi connectivity index (χ4n) is 1.91. The van der Waals surface area contributed by atoms with E-state index in [1.807, 2.05) is 58.0 Å². The Morgan fingerprint density at radius 2 is 2.05 bits per heavy atom. The number of hydrogen-bond donors (Lipinski definition) is 2. The van der Waals surface area contributed by atoms with Crippen molar-refractivity contribution in [3.8, 4) is 0 Å². The van der Waals surface area contributed by atoms with Gasteiger partial charge in [-0.25, -0.2) is 4.79 Å². The molecule has 5 heteroatoms. The lowest BCUT2D eigenvalue weighted by molar-refractivity contribution is 0.0506. The third-order valence-electron chi connectivity index (χ3n) is 2.91. The van der Waals surface area contributed by atoms with Crippen molar-refractivity contribution >= 4 is 11.8 Å². The Kier molecular flexibility index (Phi) is 6.03. The fourth-order valence-corrected chi connectivity index (χ4v) is 1.91. The Labute approximate surface area is 127 Å². The van der Waals surface area contributed by atoms with Gasteiger partial charge in [0.25, 0.3) is 0 Å². The molecule has 0 aliphatic carbocycles. The van der Waals surface area contributed by atoms with E-state index in [9.17, 15) is 4.79 Å². The van der Waals surface area contributed by atoms with Crippen molar-refractivity contribution < 1.29 is 9.53 Å². The molecule has 1 aromatic rings. The molecule has 1 aromatic carbocycles. The van der Waals surface area contributed by atoms with Gasteiger partial charge in [-0.15, -0.1) is 0 Å². The van der Waals surface area contributed by atoms with Crippen molar-refractivity contribution in [1.82, 2.24) is 5.32 Å². The SMILES string of the molecule is CN(C)c1cccc(CC(CN)NC(=O)OC(C)(C)C)c1. The molecular formula is C16H27N3O2. The molecule has 0 saturated heterocycles. The number of hydrogen-bond acceptors (Lipinski definition) is 4. The molecule has 1 unspecified atom stereocenters. The Bertz CT molecular complexity index is 467. The highest BCUT2D eigenvalue weighted by Gasteiger charge is 2.19. The first-order chi connectivity index (χ1) is 9.71. The van der Waals surface area contributed by atoms with Crippen molar-refractivity contribution in [3.05, 3.63) is 29.8 Å². The first kappa shape index (κ1) is 17.3. The number of nitrogens with zero attached hydrogens (tertiary/aromatic N) is 1. The monoisotopic (exact) mass is 293 g/mol. The molecule has 0 radical (unpaired) electrons. The van der Waals surface area contributed by atoms with Gasteiger partial charge in [-0.05, 0) is 44.9 Å². The van der Waals surface area contributed by atoms with Crippen LogP contribution >= 0.6 is 0 Å². The number of benzene rings is 1. The van der Waals surface area contributed by atoms with Gasteiger partial charge in [-0.2, -0.15) is 0 Å². The maximum atomic E-state index is 11.8. The third-order valence-corrected chi connectivity index (χ3v) is 2.91. The van der Waals surface area contributed by atoms with E-state index in [1.165, 1.54) is 0 Å². The largest absolute Gasteiger partial charge is 0.444 e. The van der Waals surface area contributed by atoms with E-state index in [0.29, 0.717) is 13.0 Å². The average Bonchev–Trinajstić information content (AvgIpc) is 2.36. The summed E-state index contributed by atoms with van der Waals surface area (Å²) in [6, 6.07) is 8.04. The van der Waals surface area contributed by atoms with Gasteiger partial charge in [-0.1, -0.05) is 12.1 Å². The van der Waals surface area contributed by atoms with Crippen LogP contribution in [0.1, 0.15) is 26.3 Å². The van der Waals surface area contributed by atoms with Crippen LogP contribution in [0.5, 0.6) is 0 Å². The minimum Gasteiger partial charge on any atom is -0.444 e. The maximum absolute atomic E-state index is 11.8. The molecule has 1 atom stereocenters. The third kappa shape index (κ3) is 6.49. The first-order valence-electron chi connectivity index (χ1n) is 7.17. The van der Waals surface area contributed by atoms with Gasteiger partial charge in [-0.3, -0.25) is 0 Å². The predicted molar refractivity (Wildman–Crippen MR) is 86.7 cm³/mol. The van der Waals surface area contributed by atoms with Gasteiger partial charge in [0, 0.05) is 32.4 Å². The van der Waals surface area contributed by atoms with E-state index in [1.54, 1.807) is 0 Å². The highest BCUT2D eigenvalue weighted by molar-refractivity contribution is 5.68. The molecule has 0 fully saturated rings. The van der Waals surface area contributed by atoms with Crippen LogP contribution in [0.3, 0.4) is 0 Å². The van der Waals surface area contributed by atoms with Crippen LogP contribution in [0.15, 0.2) is 24.3 Å². The summed E-state index contributed by atoms with van der Waals surface area (Å²) in [5.74, 6) is 0. The van der Waals surface area contributed by atoms with Crippen LogP contribution in [0.2, 0.25) is 0 Å². The molecule has 0 aliphatic heterocycles. The molecule has 1 rings (SSSR count). The number of amides is 1. The number of nitrogens with one attached hydrogen (secondary N) is 1. The zero-order chi connectivity index (χ0) is 16.0. The van der Waals surface area contributed by atoms with Crippen molar-refractivity contribution in [1.29, 1.82) is 0 Å². The molecule has 0 saturated carbocycles. The van der Waals surface area contributed by atoms with E-state index in [2.05, 4.69) is 11.4 Å². The van der Waals surface area contributed by atoms with E-state index in [0.717, 1.165) is 11.3 Å². The number of nitrogens with two attached hydrogens (primary N) is 1. The molecule has 21 heavy (non-hydrogen) atoms. The molecule has 5 nitrogen and oxygen atoms in total. The summed E-state index contributed by atoms with van der Waals surface area (Å²) in [7, 11) is 4.00. The molecule has 0 spiro atoms. The normalized spacial score (nSPS) is 12.7. The summed E-state index contributed by atoms with van der Waals surface area (Å²) in [6.45, 7) is 5.88. The minimum absolute atomic E-state index is 0.141. The zero-order valence-electron chi connectivity index (χ0n) is 13.6. The van der Waals surface area contributed by atoms with Gasteiger partial charge in [0.05, 0.1) is 0 Å². The number of anilines is 1. The van der Waals surface area contributed by atoms with Gasteiger partial charge in [0.15, 0.2) is 0 Å². The van der Waals surface area contributed by atoms with Crippen LogP contribution in [-0.4, -0.2) is 38.4 Å². The molecular weight excluding hydrogens is 266 g/mol. The smallest absolute Gasteiger partial charge is 0.407 e. The van der Waals surface area contributed by atoms with E-state index in [-0.39, 0.29) is 6.04 Å². The lowest BCUT2D eigenvalue weighted by Crippen LogP contribution is -2.44. The second kappa shape index (κ2) is 7.31. The number of ether oxygens (including phenoxy) is 1. The number of rotatable bonds is 5. The Hall–Kier alpha value is -1.75. The van der Waals surface area contributed by atoms with Crippen LogP contribution in [-0.2, 0) is 11.2 Å². The highest BCUT2D eigenvalue weighted by Crippen LogP contribution is 2.15. The Morgan fingerprint density at radius 3 is 2.57 bits per heavy atom. The van der Waals surface area contributed by atoms with Crippen LogP contribution in [0.4, 0.5) is 10.5 Å². The van der Waals surface area contributed by atoms with Crippen LogP contribution in [0, 0.1) is 0 Å². The number of carbonyl (C=O) groups excluding carboxylic acids is 1. The standard InChI is InChI=1S/C16H27N3O2/c1-16(2,3)21-15(20)18-13(11-17)9-12-7-6-8-14(10-12)19(4)5/h6-8,10,13H,9,11,17H2,1-5H3,(H,18,20). The van der Waals surface area contributed by atoms with E-state index < -0.39 is 11.7 Å². The quantitative estimate of drug-likeness (QED) is 0.873. The van der Waals surface area contributed by atoms with Gasteiger partial charge < -0.3 is 20.7 Å². The molecule has 0 aliphatic rings. The summed E-state index contributed by atoms with van der Waals surface area (Å²) in [5.41, 5.74) is 7.50. The number of carbonyl (C=O) groups is 1. The lowest BCUT2D eigenvalue weighted by atomic mass is 10.1. The Morgan fingerprint density at radius 1 is 1.38 bits per heavy atom. The summed E-state index contributed by atoms with van der Waals surface area (Å²) in [4.78, 5) is 13.8. The van der Waals surface area contributed by atoms with Gasteiger partial charge in [0.2, 0.25) is 0 Å². The van der Waals surface area contributed by atoms with E-state index in [4.69, 9.17) is 10.5 Å². The highest BCUT2D eigenvalue weighted by atomic mass is 16.6. The first-order valence-corrected chi connectivity index (χ1v) is 7.17. The predicted octanol–water partition coefficient (Wildman–Crippen LogP) is 2.15. The van der Waals surface area contributed by atoms with Crippen molar-refractivity contribution in [2.45, 2.75) is 38.8 Å². The Balaban J connectivity index is 2.66. The summed E-state index contributed by atoms with van der Waals surface area (Å²) in [5, 5.41) is 2.82. The summed E-state index contributed by atoms with van der Waals surface area (Å²) in [6.07, 6.45) is 0.249. The van der Waals surface area contributed by atoms with Crippen molar-refractivity contribution in [3.63, 3.8) is 0 Å². The summed E-state index contributed by atoms with van der Waals surface area (Å²) >= 11 is 0. The second-order valence-electron chi connectivity index (χ2n) is 6.35. The van der Waals surface area contributed by atoms with E-state index >= 15 is 0 Å². The van der Waals surface area contributed by atoms with Crippen LogP contribution in [0.25, 0.3) is 0 Å². The minimum atomic E-state index is -0.506. The second-order valence-corrected chi connectivity index (χ2v) is 6.35. The average molecular weight is 293 g/mol. The number of alkyl carbamates (subject to hydrolysis) is 1. The molecule has 0 bridgehead atoms. The molecule has 3 N–H and O–H groups in total. The molecule has 118 valence electrons. The van der Waals surface area contributed by atoms with Gasteiger partial charge in [0.1, 0.15) is 5.60 Å². The lowest BCUT2D eigenvalue weighted by Gasteiger charge is -2.23. The van der Waals surface area contributed by atoms with Crippen molar-refractivity contribution in [2.24, 2.45) is 5.73 Å². The summed E-state index contributed by atoms with van der Waals surface area (Å²) < 4.78 is 5.26. The van der Waals surface area contributed by atoms with Crippen molar-refractivity contribution in [2.75, 3.05) is 25.5 Å². The molecule has 1 amide bonds. The fraction of sp³-hybridized carbons (Fsp3) is 0.562. The molecule has 0 heterocycles. The molecule has 0 aromatic heterocycles. The zero-order valence-corrected chi connectivity index (χ0v) is 13.6. The van der Waals surface area contributed by atoms with Gasteiger partial charge >= 0.3 is 6.09 Å². The van der Waals surface area contributed by atoms with Crippen LogP contribution < -0.4 is 16.0 Å².